The van der Waals surface area contributed by atoms with Gasteiger partial charge in [0.1, 0.15) is 17.2 Å². The lowest BCUT2D eigenvalue weighted by atomic mass is 10.1. The minimum absolute atomic E-state index is 0.130. The van der Waals surface area contributed by atoms with E-state index >= 15 is 0 Å². The molecule has 0 heterocycles. The Hall–Kier alpha value is -3.60. The second-order valence-corrected chi connectivity index (χ2v) is 5.88. The van der Waals surface area contributed by atoms with Gasteiger partial charge in [-0.05, 0) is 65.2 Å². The molecule has 1 N–H and O–H groups in total. The monoisotopic (exact) mass is 362 g/mol. The molecule has 3 aromatic carbocycles. The van der Waals surface area contributed by atoms with Crippen LogP contribution < -0.4 is 9.47 Å². The average molecular weight is 362 g/mol. The molecule has 0 aromatic heterocycles. The van der Waals surface area contributed by atoms with Crippen LogP contribution in [0.4, 0.5) is 0 Å². The van der Waals surface area contributed by atoms with Crippen LogP contribution in [0.25, 0.3) is 10.8 Å². The van der Waals surface area contributed by atoms with Crippen LogP contribution in [0, 0.1) is 0 Å². The summed E-state index contributed by atoms with van der Waals surface area (Å²) in [5.74, 6) is -0.0635. The Labute approximate surface area is 156 Å². The fourth-order valence-corrected chi connectivity index (χ4v) is 2.67. The molecule has 136 valence electrons. The van der Waals surface area contributed by atoms with Crippen molar-refractivity contribution < 1.29 is 24.2 Å². The van der Waals surface area contributed by atoms with Gasteiger partial charge in [-0.2, -0.15) is 0 Å². The summed E-state index contributed by atoms with van der Waals surface area (Å²) in [6, 6.07) is 14.9. The first kappa shape index (κ1) is 18.2. The van der Waals surface area contributed by atoms with E-state index in [1.165, 1.54) is 6.07 Å². The number of hydrogen-bond acceptors (Lipinski definition) is 5. The third-order valence-corrected chi connectivity index (χ3v) is 4.06. The van der Waals surface area contributed by atoms with Crippen LogP contribution in [0.2, 0.25) is 0 Å². The molecule has 0 spiro atoms. The first-order chi connectivity index (χ1) is 13.0. The first-order valence-electron chi connectivity index (χ1n) is 8.42. The summed E-state index contributed by atoms with van der Waals surface area (Å²) >= 11 is 0. The smallest absolute Gasteiger partial charge is 0.343 e. The van der Waals surface area contributed by atoms with Gasteiger partial charge in [-0.1, -0.05) is 25.6 Å². The van der Waals surface area contributed by atoms with Crippen LogP contribution in [0.5, 0.6) is 17.2 Å². The molecule has 0 saturated carbocycles. The number of fused-ring (bicyclic) bond motifs is 1. The normalized spacial score (nSPS) is 10.4. The summed E-state index contributed by atoms with van der Waals surface area (Å²) in [5, 5.41) is 11.2. The summed E-state index contributed by atoms with van der Waals surface area (Å²) in [5.41, 5.74) is 1.14. The number of aryl methyl sites for hydroxylation is 1. The summed E-state index contributed by atoms with van der Waals surface area (Å²) in [4.78, 5) is 23.8. The zero-order chi connectivity index (χ0) is 19.4. The van der Waals surface area contributed by atoms with E-state index in [9.17, 15) is 14.7 Å². The number of ether oxygens (including phenoxy) is 2. The third-order valence-electron chi connectivity index (χ3n) is 4.06. The van der Waals surface area contributed by atoms with Gasteiger partial charge in [0.25, 0.3) is 0 Å². The average Bonchev–Trinajstić information content (AvgIpc) is 2.68. The number of carbonyl (C=O) groups excluding carboxylic acids is 2. The van der Waals surface area contributed by atoms with E-state index < -0.39 is 11.9 Å². The molecule has 0 radical (unpaired) electrons. The van der Waals surface area contributed by atoms with E-state index in [0.717, 1.165) is 22.4 Å². The molecule has 0 saturated heterocycles. The number of hydrogen-bond donors (Lipinski definition) is 1. The highest BCUT2D eigenvalue weighted by Crippen LogP contribution is 2.26. The maximum atomic E-state index is 12.5. The lowest BCUT2D eigenvalue weighted by Gasteiger charge is -2.10. The molecule has 0 bridgehead atoms. The van der Waals surface area contributed by atoms with Crippen molar-refractivity contribution in [1.29, 1.82) is 0 Å². The topological polar surface area (TPSA) is 72.8 Å². The number of phenolic OH excluding ortho intramolecular Hbond substituents is 1. The molecule has 3 rings (SSSR count). The van der Waals surface area contributed by atoms with Crippen LogP contribution >= 0.6 is 0 Å². The lowest BCUT2D eigenvalue weighted by Crippen LogP contribution is -2.09. The Morgan fingerprint density at radius 1 is 1.00 bits per heavy atom. The fraction of sp³-hybridized carbons (Fsp3) is 0.0909. The Kier molecular flexibility index (Phi) is 5.22. The minimum atomic E-state index is -0.532. The van der Waals surface area contributed by atoms with Crippen LogP contribution in [0.3, 0.4) is 0 Å². The maximum absolute atomic E-state index is 12.5. The highest BCUT2D eigenvalue weighted by atomic mass is 16.5. The van der Waals surface area contributed by atoms with Crippen LogP contribution in [0.15, 0.2) is 67.3 Å². The number of phenols is 1. The Bertz CT molecular complexity index is 1040. The van der Waals surface area contributed by atoms with E-state index in [0.29, 0.717) is 23.5 Å². The van der Waals surface area contributed by atoms with Crippen molar-refractivity contribution in [3.8, 4) is 17.2 Å². The van der Waals surface area contributed by atoms with Gasteiger partial charge in [-0.15, -0.1) is 0 Å². The lowest BCUT2D eigenvalue weighted by molar-refractivity contribution is -0.128. The quantitative estimate of drug-likeness (QED) is 0.413. The van der Waals surface area contributed by atoms with Crippen LogP contribution in [0.1, 0.15) is 22.8 Å². The predicted octanol–water partition coefficient (Wildman–Crippen LogP) is 4.42. The SMILES string of the molecule is C=CC(=O)Oc1ccc2cc(C(=O)Oc3ccc(O)cc3CC)ccc2c1. The number of carbonyl (C=O) groups is 2. The van der Waals surface area contributed by atoms with E-state index in [-0.39, 0.29) is 5.75 Å². The molecule has 0 aliphatic carbocycles. The van der Waals surface area contributed by atoms with Crippen molar-refractivity contribution in [1.82, 2.24) is 0 Å². The van der Waals surface area contributed by atoms with Gasteiger partial charge >= 0.3 is 11.9 Å². The minimum Gasteiger partial charge on any atom is -0.508 e. The molecule has 0 aliphatic rings. The van der Waals surface area contributed by atoms with Crippen molar-refractivity contribution in [3.63, 3.8) is 0 Å². The largest absolute Gasteiger partial charge is 0.508 e. The van der Waals surface area contributed by atoms with Gasteiger partial charge < -0.3 is 14.6 Å². The van der Waals surface area contributed by atoms with Gasteiger partial charge in [-0.3, -0.25) is 0 Å². The maximum Gasteiger partial charge on any atom is 0.343 e. The highest BCUT2D eigenvalue weighted by molar-refractivity contribution is 5.97. The number of benzene rings is 3. The predicted molar refractivity (Wildman–Crippen MR) is 102 cm³/mol. The standard InChI is InChI=1S/C22H18O5/c1-3-14-12-18(23)8-10-20(14)27-22(25)17-6-5-16-13-19(26-21(24)4-2)9-7-15(16)11-17/h4-13,23H,2-3H2,1H3. The van der Waals surface area contributed by atoms with Crippen LogP contribution in [-0.2, 0) is 11.2 Å². The second kappa shape index (κ2) is 7.74. The second-order valence-electron chi connectivity index (χ2n) is 5.88. The van der Waals surface area contributed by atoms with E-state index in [4.69, 9.17) is 9.47 Å². The van der Waals surface area contributed by atoms with Crippen LogP contribution in [-0.4, -0.2) is 17.0 Å². The zero-order valence-corrected chi connectivity index (χ0v) is 14.8. The summed E-state index contributed by atoms with van der Waals surface area (Å²) in [6.45, 7) is 5.28. The highest BCUT2D eigenvalue weighted by Gasteiger charge is 2.13. The number of esters is 2. The molecule has 0 aliphatic heterocycles. The molecule has 5 nitrogen and oxygen atoms in total. The van der Waals surface area contributed by atoms with E-state index in [1.807, 2.05) is 6.92 Å². The molecular formula is C22H18O5. The van der Waals surface area contributed by atoms with E-state index in [1.54, 1.807) is 48.5 Å². The first-order valence-corrected chi connectivity index (χ1v) is 8.42. The molecule has 0 amide bonds. The van der Waals surface area contributed by atoms with Crippen molar-refractivity contribution >= 4 is 22.7 Å². The number of rotatable bonds is 5. The van der Waals surface area contributed by atoms with Gasteiger partial charge in [0, 0.05) is 6.08 Å². The van der Waals surface area contributed by atoms with E-state index in [2.05, 4.69) is 6.58 Å². The van der Waals surface area contributed by atoms with Crippen molar-refractivity contribution in [2.24, 2.45) is 0 Å². The third kappa shape index (κ3) is 4.15. The summed E-state index contributed by atoms with van der Waals surface area (Å²) < 4.78 is 10.6. The molecule has 27 heavy (non-hydrogen) atoms. The summed E-state index contributed by atoms with van der Waals surface area (Å²) in [7, 11) is 0. The van der Waals surface area contributed by atoms with Crippen molar-refractivity contribution in [2.45, 2.75) is 13.3 Å². The Morgan fingerprint density at radius 2 is 1.74 bits per heavy atom. The fourth-order valence-electron chi connectivity index (χ4n) is 2.67. The number of aromatic hydroxyl groups is 1. The van der Waals surface area contributed by atoms with Gasteiger partial charge in [0.2, 0.25) is 0 Å². The molecular weight excluding hydrogens is 344 g/mol. The van der Waals surface area contributed by atoms with Crippen molar-refractivity contribution in [3.05, 3.63) is 78.4 Å². The molecule has 0 fully saturated rings. The molecule has 0 atom stereocenters. The Balaban J connectivity index is 1.84. The van der Waals surface area contributed by atoms with Gasteiger partial charge in [-0.25, -0.2) is 9.59 Å². The van der Waals surface area contributed by atoms with Crippen molar-refractivity contribution in [2.75, 3.05) is 0 Å². The molecule has 0 unspecified atom stereocenters. The van der Waals surface area contributed by atoms with Gasteiger partial charge in [0.15, 0.2) is 0 Å². The molecule has 3 aromatic rings. The zero-order valence-electron chi connectivity index (χ0n) is 14.8. The molecule has 5 heteroatoms. The van der Waals surface area contributed by atoms with Gasteiger partial charge in [0.05, 0.1) is 5.56 Å². The summed E-state index contributed by atoms with van der Waals surface area (Å²) in [6.07, 6.45) is 1.72. The Morgan fingerprint density at radius 3 is 2.48 bits per heavy atom.